The van der Waals surface area contributed by atoms with Gasteiger partial charge in [-0.3, -0.25) is 19.2 Å². The zero-order chi connectivity index (χ0) is 27.1. The third-order valence-corrected chi connectivity index (χ3v) is 7.44. The van der Waals surface area contributed by atoms with E-state index < -0.39 is 30.0 Å². The summed E-state index contributed by atoms with van der Waals surface area (Å²) in [6.07, 6.45) is 3.46. The van der Waals surface area contributed by atoms with Crippen LogP contribution in [0.15, 0.2) is 54.6 Å². The summed E-state index contributed by atoms with van der Waals surface area (Å²) >= 11 is 0. The molecule has 38 heavy (non-hydrogen) atoms. The quantitative estimate of drug-likeness (QED) is 0.524. The highest BCUT2D eigenvalue weighted by Gasteiger charge is 2.44. The van der Waals surface area contributed by atoms with Gasteiger partial charge in [-0.05, 0) is 42.5 Å². The molecular weight excluding hydrogens is 486 g/mol. The normalized spacial score (nSPS) is 18.6. The van der Waals surface area contributed by atoms with E-state index in [-0.39, 0.29) is 37.8 Å². The first-order valence-corrected chi connectivity index (χ1v) is 13.2. The highest BCUT2D eigenvalue weighted by Crippen LogP contribution is 2.29. The lowest BCUT2D eigenvalue weighted by Crippen LogP contribution is -2.57. The summed E-state index contributed by atoms with van der Waals surface area (Å²) < 4.78 is 5.25. The van der Waals surface area contributed by atoms with Gasteiger partial charge in [-0.15, -0.1) is 0 Å². The van der Waals surface area contributed by atoms with Gasteiger partial charge in [0.15, 0.2) is 6.17 Å². The van der Waals surface area contributed by atoms with Gasteiger partial charge in [0.25, 0.3) is 11.8 Å². The van der Waals surface area contributed by atoms with Crippen molar-refractivity contribution in [2.45, 2.75) is 57.2 Å². The van der Waals surface area contributed by atoms with E-state index in [1.165, 1.54) is 16.9 Å². The van der Waals surface area contributed by atoms with Crippen molar-refractivity contribution < 1.29 is 29.0 Å². The molecule has 2 fully saturated rings. The molecule has 2 aromatic carbocycles. The Bertz CT molecular complexity index is 1150. The molecule has 2 unspecified atom stereocenters. The lowest BCUT2D eigenvalue weighted by molar-refractivity contribution is -0.143. The molecule has 2 aliphatic rings. The Morgan fingerprint density at radius 1 is 0.974 bits per heavy atom. The maximum absolute atomic E-state index is 13.8. The van der Waals surface area contributed by atoms with Gasteiger partial charge < -0.3 is 25.0 Å². The van der Waals surface area contributed by atoms with Crippen LogP contribution in [0.2, 0.25) is 0 Å². The van der Waals surface area contributed by atoms with Crippen LogP contribution in [0.25, 0.3) is 0 Å². The predicted octanol–water partition coefficient (Wildman–Crippen LogP) is 3.09. The van der Waals surface area contributed by atoms with E-state index in [1.807, 2.05) is 30.3 Å². The average molecular weight is 522 g/mol. The van der Waals surface area contributed by atoms with Crippen molar-refractivity contribution in [3.8, 4) is 5.75 Å². The van der Waals surface area contributed by atoms with Crippen LogP contribution < -0.4 is 10.1 Å². The number of carbonyl (C=O) groups excluding carboxylic acids is 3. The fraction of sp³-hybridized carbons (Fsp3) is 0.448. The largest absolute Gasteiger partial charge is 0.497 e. The molecule has 9 nitrogen and oxygen atoms in total. The molecule has 0 bridgehead atoms. The topological polar surface area (TPSA) is 116 Å². The summed E-state index contributed by atoms with van der Waals surface area (Å²) in [5, 5.41) is 12.5. The van der Waals surface area contributed by atoms with Crippen LogP contribution in [-0.4, -0.2) is 71.0 Å². The number of nitrogens with zero attached hydrogens (tertiary/aromatic N) is 2. The van der Waals surface area contributed by atoms with E-state index in [0.29, 0.717) is 11.3 Å². The lowest BCUT2D eigenvalue weighted by Gasteiger charge is -2.34. The molecule has 202 valence electrons. The van der Waals surface area contributed by atoms with Crippen LogP contribution in [0.4, 0.5) is 0 Å². The monoisotopic (exact) mass is 521 g/mol. The van der Waals surface area contributed by atoms with Crippen molar-refractivity contribution in [2.24, 2.45) is 5.92 Å². The van der Waals surface area contributed by atoms with E-state index in [1.54, 1.807) is 24.3 Å². The van der Waals surface area contributed by atoms with E-state index >= 15 is 0 Å². The molecule has 0 spiro atoms. The van der Waals surface area contributed by atoms with Gasteiger partial charge in [0.2, 0.25) is 5.91 Å². The maximum atomic E-state index is 13.8. The molecule has 1 saturated carbocycles. The first-order valence-electron chi connectivity index (χ1n) is 13.2. The molecule has 0 radical (unpaired) electrons. The van der Waals surface area contributed by atoms with Gasteiger partial charge in [-0.25, -0.2) is 0 Å². The minimum atomic E-state index is -1.18. The summed E-state index contributed by atoms with van der Waals surface area (Å²) in [5.74, 6) is -1.64. The van der Waals surface area contributed by atoms with Gasteiger partial charge in [-0.2, -0.15) is 0 Å². The molecular formula is C29H35N3O6. The first-order chi connectivity index (χ1) is 18.4. The second-order valence-corrected chi connectivity index (χ2v) is 9.96. The number of carbonyl (C=O) groups is 4. The number of methoxy groups -OCH3 is 1. The highest BCUT2D eigenvalue weighted by atomic mass is 16.5. The zero-order valence-electron chi connectivity index (χ0n) is 21.7. The molecule has 3 amide bonds. The number of amides is 3. The zero-order valence-corrected chi connectivity index (χ0v) is 21.7. The van der Waals surface area contributed by atoms with Gasteiger partial charge in [-0.1, -0.05) is 55.7 Å². The maximum Gasteiger partial charge on any atom is 0.305 e. The van der Waals surface area contributed by atoms with Crippen LogP contribution >= 0.6 is 0 Å². The SMILES string of the molecule is COc1cccc(C(=O)N2CCN(C(=O)Cc3ccccc3)C2C(=O)NC(CC(=O)O)C2CCCCC2)c1. The Morgan fingerprint density at radius 3 is 2.37 bits per heavy atom. The fourth-order valence-electron chi connectivity index (χ4n) is 5.50. The van der Waals surface area contributed by atoms with Gasteiger partial charge >= 0.3 is 5.97 Å². The molecule has 2 aromatic rings. The van der Waals surface area contributed by atoms with Crippen molar-refractivity contribution in [1.82, 2.24) is 15.1 Å². The Morgan fingerprint density at radius 2 is 1.68 bits per heavy atom. The van der Waals surface area contributed by atoms with Gasteiger partial charge in [0.1, 0.15) is 5.75 Å². The Labute approximate surface area is 222 Å². The van der Waals surface area contributed by atoms with E-state index in [2.05, 4.69) is 5.32 Å². The van der Waals surface area contributed by atoms with Crippen LogP contribution in [-0.2, 0) is 20.8 Å². The van der Waals surface area contributed by atoms with Crippen molar-refractivity contribution in [1.29, 1.82) is 0 Å². The Hall–Kier alpha value is -3.88. The van der Waals surface area contributed by atoms with Crippen molar-refractivity contribution in [2.75, 3.05) is 20.2 Å². The summed E-state index contributed by atoms with van der Waals surface area (Å²) in [5.41, 5.74) is 1.15. The first kappa shape index (κ1) is 27.2. The molecule has 1 aliphatic heterocycles. The highest BCUT2D eigenvalue weighted by molar-refractivity contribution is 5.99. The average Bonchev–Trinajstić information content (AvgIpc) is 3.39. The van der Waals surface area contributed by atoms with Crippen molar-refractivity contribution >= 4 is 23.7 Å². The number of rotatable bonds is 9. The Balaban J connectivity index is 1.60. The fourth-order valence-corrected chi connectivity index (χ4v) is 5.50. The van der Waals surface area contributed by atoms with Gasteiger partial charge in [0.05, 0.1) is 20.0 Å². The molecule has 2 atom stereocenters. The molecule has 9 heteroatoms. The summed E-state index contributed by atoms with van der Waals surface area (Å²) in [6.45, 7) is 0.383. The van der Waals surface area contributed by atoms with Crippen LogP contribution in [0, 0.1) is 5.92 Å². The summed E-state index contributed by atoms with van der Waals surface area (Å²) in [7, 11) is 1.51. The summed E-state index contributed by atoms with van der Waals surface area (Å²) in [6, 6.07) is 15.3. The second-order valence-electron chi connectivity index (χ2n) is 9.96. The van der Waals surface area contributed by atoms with Crippen LogP contribution in [0.1, 0.15) is 54.4 Å². The van der Waals surface area contributed by atoms with Crippen molar-refractivity contribution in [3.63, 3.8) is 0 Å². The lowest BCUT2D eigenvalue weighted by atomic mass is 9.82. The number of hydrogen-bond donors (Lipinski definition) is 2. The van der Waals surface area contributed by atoms with Crippen LogP contribution in [0.3, 0.4) is 0 Å². The third kappa shape index (κ3) is 6.51. The smallest absolute Gasteiger partial charge is 0.305 e. The molecule has 4 rings (SSSR count). The Kier molecular flexibility index (Phi) is 8.99. The number of aliphatic carboxylic acids is 1. The van der Waals surface area contributed by atoms with Crippen molar-refractivity contribution in [3.05, 3.63) is 65.7 Å². The van der Waals surface area contributed by atoms with Gasteiger partial charge in [0, 0.05) is 24.7 Å². The van der Waals surface area contributed by atoms with Crippen LogP contribution in [0.5, 0.6) is 5.75 Å². The number of benzene rings is 2. The molecule has 1 saturated heterocycles. The minimum Gasteiger partial charge on any atom is -0.497 e. The predicted molar refractivity (Wildman–Crippen MR) is 140 cm³/mol. The molecule has 1 aliphatic carbocycles. The van der Waals surface area contributed by atoms with E-state index in [4.69, 9.17) is 4.74 Å². The number of carboxylic acids is 1. The molecule has 0 aromatic heterocycles. The molecule has 2 N–H and O–H groups in total. The van der Waals surface area contributed by atoms with E-state index in [9.17, 15) is 24.3 Å². The number of ether oxygens (including phenoxy) is 1. The summed E-state index contributed by atoms with van der Waals surface area (Å²) in [4.78, 5) is 55.3. The third-order valence-electron chi connectivity index (χ3n) is 7.44. The second kappa shape index (κ2) is 12.6. The number of hydrogen-bond acceptors (Lipinski definition) is 5. The van der Waals surface area contributed by atoms with E-state index in [0.717, 1.165) is 37.7 Å². The number of nitrogens with one attached hydrogen (secondary N) is 1. The standard InChI is InChI=1S/C29H35N3O6/c1-38-23-14-8-13-22(18-23)29(37)32-16-15-31(25(33)17-20-9-4-2-5-10-20)28(32)27(36)30-24(19-26(34)35)21-11-6-3-7-12-21/h2,4-5,8-10,13-14,18,21,24,28H,3,6-7,11-12,15-17,19H2,1H3,(H,30,36)(H,34,35). The molecule has 1 heterocycles. The number of carboxylic acid groups (broad SMARTS) is 1. The minimum absolute atomic E-state index is 0.0428.